The van der Waals surface area contributed by atoms with E-state index in [9.17, 15) is 18.0 Å². The zero-order valence-electron chi connectivity index (χ0n) is 16.0. The van der Waals surface area contributed by atoms with E-state index in [2.05, 4.69) is 9.71 Å². The van der Waals surface area contributed by atoms with Gasteiger partial charge in [0.05, 0.1) is 12.8 Å². The summed E-state index contributed by atoms with van der Waals surface area (Å²) in [7, 11) is -1.30. The number of carbonyl (C=O) groups excluding carboxylic acids is 2. The lowest BCUT2D eigenvalue weighted by Crippen LogP contribution is -2.35. The van der Waals surface area contributed by atoms with Crippen LogP contribution in [0, 0.1) is 0 Å². The number of nitrogens with one attached hydrogen (secondary N) is 1. The molecule has 1 N–H and O–H groups in total. The molecular weight excluding hydrogens is 394 g/mol. The Morgan fingerprint density at radius 2 is 1.79 bits per heavy atom. The highest BCUT2D eigenvalue weighted by molar-refractivity contribution is 7.88. The Balaban J connectivity index is 1.94. The standard InChI is InChI=1S/C20H19N3O5S/c1-13(24)15-5-4-6-16(11-15)21-20(25)19-12-18(22-29(26,27)23(19)2)14-7-9-17(28-3)10-8-14/h4-12H,1-3H3,(H,21,25). The molecule has 0 unspecified atom stereocenters. The van der Waals surface area contributed by atoms with Gasteiger partial charge >= 0.3 is 10.2 Å². The molecule has 9 heteroatoms. The van der Waals surface area contributed by atoms with Crippen LogP contribution >= 0.6 is 0 Å². The molecule has 0 saturated carbocycles. The minimum absolute atomic E-state index is 0.0981. The number of ether oxygens (including phenoxy) is 1. The summed E-state index contributed by atoms with van der Waals surface area (Å²) in [5.41, 5.74) is 1.36. The highest BCUT2D eigenvalue weighted by Crippen LogP contribution is 2.22. The first-order valence-corrected chi connectivity index (χ1v) is 9.98. The Morgan fingerprint density at radius 1 is 1.10 bits per heavy atom. The summed E-state index contributed by atoms with van der Waals surface area (Å²) in [4.78, 5) is 24.3. The molecule has 1 aliphatic rings. The van der Waals surface area contributed by atoms with E-state index in [4.69, 9.17) is 4.74 Å². The van der Waals surface area contributed by atoms with Crippen molar-refractivity contribution >= 4 is 33.3 Å². The fraction of sp³-hybridized carbons (Fsp3) is 0.150. The monoisotopic (exact) mass is 413 g/mol. The van der Waals surface area contributed by atoms with E-state index in [0.717, 1.165) is 4.31 Å². The molecule has 0 spiro atoms. The number of anilines is 1. The van der Waals surface area contributed by atoms with Gasteiger partial charge in [-0.15, -0.1) is 4.40 Å². The van der Waals surface area contributed by atoms with Gasteiger partial charge in [-0.1, -0.05) is 12.1 Å². The summed E-state index contributed by atoms with van der Waals surface area (Å²) in [6.45, 7) is 1.42. The average molecular weight is 413 g/mol. The van der Waals surface area contributed by atoms with Gasteiger partial charge in [-0.3, -0.25) is 9.59 Å². The lowest BCUT2D eigenvalue weighted by Gasteiger charge is -2.23. The summed E-state index contributed by atoms with van der Waals surface area (Å²) in [6.07, 6.45) is 1.40. The Labute approximate surface area is 168 Å². The maximum atomic E-state index is 12.8. The van der Waals surface area contributed by atoms with Crippen LogP contribution in [0.5, 0.6) is 5.75 Å². The van der Waals surface area contributed by atoms with Gasteiger partial charge in [0, 0.05) is 23.9 Å². The van der Waals surface area contributed by atoms with Gasteiger partial charge < -0.3 is 10.1 Å². The smallest absolute Gasteiger partial charge is 0.345 e. The molecule has 0 aromatic heterocycles. The van der Waals surface area contributed by atoms with Gasteiger partial charge in [-0.25, -0.2) is 4.31 Å². The summed E-state index contributed by atoms with van der Waals surface area (Å²) in [5, 5.41) is 2.62. The second-order valence-corrected chi connectivity index (χ2v) is 7.90. The van der Waals surface area contributed by atoms with E-state index in [1.165, 1.54) is 33.2 Å². The molecule has 0 saturated heterocycles. The van der Waals surface area contributed by atoms with Gasteiger partial charge in [0.2, 0.25) is 0 Å². The molecule has 0 atom stereocenters. The molecule has 0 bridgehead atoms. The van der Waals surface area contributed by atoms with Crippen LogP contribution in [-0.4, -0.2) is 44.3 Å². The van der Waals surface area contributed by atoms with Crippen LogP contribution in [-0.2, 0) is 15.0 Å². The van der Waals surface area contributed by atoms with Gasteiger partial charge in [0.15, 0.2) is 5.78 Å². The molecule has 150 valence electrons. The normalized spacial score (nSPS) is 15.2. The summed E-state index contributed by atoms with van der Waals surface area (Å²) >= 11 is 0. The quantitative estimate of drug-likeness (QED) is 0.758. The number of methoxy groups -OCH3 is 1. The highest BCUT2D eigenvalue weighted by Gasteiger charge is 2.30. The Hall–Kier alpha value is -3.46. The van der Waals surface area contributed by atoms with Crippen LogP contribution in [0.3, 0.4) is 0 Å². The van der Waals surface area contributed by atoms with Crippen molar-refractivity contribution in [1.29, 1.82) is 0 Å². The van der Waals surface area contributed by atoms with E-state index < -0.39 is 16.1 Å². The van der Waals surface area contributed by atoms with Crippen LogP contribution in [0.25, 0.3) is 0 Å². The molecule has 1 aliphatic heterocycles. The van der Waals surface area contributed by atoms with Crippen molar-refractivity contribution in [2.24, 2.45) is 4.40 Å². The minimum Gasteiger partial charge on any atom is -0.497 e. The first-order chi connectivity index (χ1) is 13.7. The van der Waals surface area contributed by atoms with E-state index in [1.54, 1.807) is 42.5 Å². The Bertz CT molecular complexity index is 1130. The number of rotatable bonds is 5. The van der Waals surface area contributed by atoms with Crippen molar-refractivity contribution in [3.63, 3.8) is 0 Å². The van der Waals surface area contributed by atoms with Gasteiger partial charge in [-0.05, 0) is 49.4 Å². The number of hydrogen-bond donors (Lipinski definition) is 1. The second-order valence-electron chi connectivity index (χ2n) is 6.27. The predicted molar refractivity (Wildman–Crippen MR) is 109 cm³/mol. The lowest BCUT2D eigenvalue weighted by molar-refractivity contribution is -0.113. The van der Waals surface area contributed by atoms with Crippen LogP contribution in [0.1, 0.15) is 22.8 Å². The first-order valence-electron chi connectivity index (χ1n) is 8.58. The second kappa shape index (κ2) is 7.88. The SMILES string of the molecule is COc1ccc(C2=NS(=O)(=O)N(C)C(C(=O)Nc3cccc(C(C)=O)c3)=C2)cc1. The highest BCUT2D eigenvalue weighted by atomic mass is 32.2. The molecule has 1 amide bonds. The van der Waals surface area contributed by atoms with Crippen molar-refractivity contribution in [2.75, 3.05) is 19.5 Å². The van der Waals surface area contributed by atoms with Crippen molar-refractivity contribution in [1.82, 2.24) is 4.31 Å². The number of carbonyl (C=O) groups is 2. The third-order valence-electron chi connectivity index (χ3n) is 4.32. The number of hydrogen-bond acceptors (Lipinski definition) is 5. The predicted octanol–water partition coefficient (Wildman–Crippen LogP) is 2.40. The molecule has 0 aliphatic carbocycles. The van der Waals surface area contributed by atoms with Crippen LogP contribution in [0.2, 0.25) is 0 Å². The van der Waals surface area contributed by atoms with Crippen molar-refractivity contribution < 1.29 is 22.7 Å². The van der Waals surface area contributed by atoms with Crippen LogP contribution < -0.4 is 10.1 Å². The Morgan fingerprint density at radius 3 is 2.41 bits per heavy atom. The molecular formula is C20H19N3O5S. The molecule has 29 heavy (non-hydrogen) atoms. The largest absolute Gasteiger partial charge is 0.497 e. The molecule has 1 heterocycles. The molecule has 0 radical (unpaired) electrons. The maximum Gasteiger partial charge on any atom is 0.345 e. The van der Waals surface area contributed by atoms with Crippen molar-refractivity contribution in [3.8, 4) is 5.75 Å². The molecule has 8 nitrogen and oxygen atoms in total. The number of Topliss-reactive ketones (excluding diaryl/α,β-unsaturated/α-hetero) is 1. The van der Waals surface area contributed by atoms with Crippen LogP contribution in [0.4, 0.5) is 5.69 Å². The van der Waals surface area contributed by atoms with E-state index >= 15 is 0 Å². The number of benzene rings is 2. The fourth-order valence-corrected chi connectivity index (χ4v) is 3.59. The number of amides is 1. The summed E-state index contributed by atoms with van der Waals surface area (Å²) in [6, 6.07) is 13.0. The van der Waals surface area contributed by atoms with Gasteiger partial charge in [0.1, 0.15) is 11.4 Å². The summed E-state index contributed by atoms with van der Waals surface area (Å²) < 4.78 is 34.6. The van der Waals surface area contributed by atoms with Gasteiger partial charge in [0.25, 0.3) is 5.91 Å². The molecule has 3 rings (SSSR count). The fourth-order valence-electron chi connectivity index (χ4n) is 2.67. The number of nitrogens with zero attached hydrogens (tertiary/aromatic N) is 2. The van der Waals surface area contributed by atoms with E-state index in [1.807, 2.05) is 0 Å². The zero-order chi connectivity index (χ0) is 21.2. The third kappa shape index (κ3) is 4.35. The van der Waals surface area contributed by atoms with Crippen molar-refractivity contribution in [2.45, 2.75) is 6.92 Å². The molecule has 2 aromatic rings. The third-order valence-corrected chi connectivity index (χ3v) is 5.63. The zero-order valence-corrected chi connectivity index (χ0v) is 16.9. The number of likely N-dealkylation sites (N-methyl/N-ethyl adjacent to an activating group) is 1. The van der Waals surface area contributed by atoms with E-state index in [-0.39, 0.29) is 17.2 Å². The van der Waals surface area contributed by atoms with Crippen LogP contribution in [0.15, 0.2) is 64.7 Å². The molecule has 0 fully saturated rings. The van der Waals surface area contributed by atoms with E-state index in [0.29, 0.717) is 22.6 Å². The number of ketones is 1. The molecule has 2 aromatic carbocycles. The Kier molecular flexibility index (Phi) is 5.51. The summed E-state index contributed by atoms with van der Waals surface area (Å²) in [5.74, 6) is -0.179. The van der Waals surface area contributed by atoms with Gasteiger partial charge in [-0.2, -0.15) is 8.42 Å². The topological polar surface area (TPSA) is 105 Å². The number of allylic oxidation sites excluding steroid dienone is 1. The first kappa shape index (κ1) is 20.3. The minimum atomic E-state index is -4.08. The average Bonchev–Trinajstić information content (AvgIpc) is 2.70. The lowest BCUT2D eigenvalue weighted by atomic mass is 10.1. The maximum absolute atomic E-state index is 12.8. The van der Waals surface area contributed by atoms with Crippen molar-refractivity contribution in [3.05, 3.63) is 71.4 Å².